The van der Waals surface area contributed by atoms with Crippen LogP contribution < -0.4 is 4.90 Å². The van der Waals surface area contributed by atoms with E-state index < -0.39 is 29.2 Å². The average Bonchev–Trinajstić information content (AvgIpc) is 3.16. The summed E-state index contributed by atoms with van der Waals surface area (Å²) in [6.45, 7) is 1.91. The quantitative estimate of drug-likeness (QED) is 0.702. The van der Waals surface area contributed by atoms with Gasteiger partial charge in [-0.25, -0.2) is 9.69 Å². The molecule has 2 aromatic carbocycles. The maximum Gasteiger partial charge on any atom is 0.416 e. The van der Waals surface area contributed by atoms with Crippen LogP contribution in [-0.2, 0) is 11.0 Å². The Kier molecular flexibility index (Phi) is 4.18. The zero-order valence-electron chi connectivity index (χ0n) is 14.2. The van der Waals surface area contributed by atoms with Gasteiger partial charge in [-0.3, -0.25) is 9.69 Å². The number of urea groups is 1. The largest absolute Gasteiger partial charge is 0.416 e. The molecule has 2 aromatic rings. The summed E-state index contributed by atoms with van der Waals surface area (Å²) in [5, 5.41) is -0.482. The van der Waals surface area contributed by atoms with E-state index in [1.807, 2.05) is 19.1 Å². The van der Waals surface area contributed by atoms with Crippen molar-refractivity contribution in [2.45, 2.75) is 24.5 Å². The number of carbonyl (C=O) groups excluding carboxylic acids is 2. The van der Waals surface area contributed by atoms with E-state index >= 15 is 0 Å². The molecule has 2 aliphatic rings. The molecule has 2 atom stereocenters. The maximum absolute atomic E-state index is 12.9. The molecule has 3 amide bonds. The molecular weight excluding hydrogens is 377 g/mol. The van der Waals surface area contributed by atoms with Crippen molar-refractivity contribution in [3.05, 3.63) is 65.2 Å². The Morgan fingerprint density at radius 3 is 2.22 bits per heavy atom. The van der Waals surface area contributed by atoms with E-state index in [0.29, 0.717) is 17.0 Å². The van der Waals surface area contributed by atoms with Crippen molar-refractivity contribution in [3.8, 4) is 0 Å². The van der Waals surface area contributed by atoms with Crippen molar-refractivity contribution < 1.29 is 22.8 Å². The van der Waals surface area contributed by atoms with E-state index in [-0.39, 0.29) is 5.91 Å². The van der Waals surface area contributed by atoms with Gasteiger partial charge in [-0.05, 0) is 36.8 Å². The molecule has 0 N–H and O–H groups in total. The number of thioether (sulfide) groups is 1. The molecule has 0 aromatic heterocycles. The average molecular weight is 392 g/mol. The minimum atomic E-state index is -4.41. The van der Waals surface area contributed by atoms with Crippen molar-refractivity contribution in [2.75, 3.05) is 10.7 Å². The van der Waals surface area contributed by atoms with Crippen LogP contribution in [0.3, 0.4) is 0 Å². The highest BCUT2D eigenvalue weighted by atomic mass is 32.2. The number of benzene rings is 2. The molecule has 4 rings (SSSR count). The molecule has 2 unspecified atom stereocenters. The third kappa shape index (κ3) is 2.97. The van der Waals surface area contributed by atoms with Gasteiger partial charge in [-0.1, -0.05) is 29.8 Å². The fourth-order valence-corrected chi connectivity index (χ4v) is 4.73. The molecule has 0 aliphatic carbocycles. The molecule has 2 fully saturated rings. The number of halogens is 3. The molecular formula is C19H15F3N2O2S. The third-order valence-corrected chi connectivity index (χ3v) is 6.06. The number of anilines is 1. The predicted octanol–water partition coefficient (Wildman–Crippen LogP) is 4.60. The number of carbonyl (C=O) groups is 2. The summed E-state index contributed by atoms with van der Waals surface area (Å²) >= 11 is 1.38. The van der Waals surface area contributed by atoms with Crippen LogP contribution in [0.5, 0.6) is 0 Å². The second-order valence-corrected chi connectivity index (χ2v) is 7.63. The van der Waals surface area contributed by atoms with Gasteiger partial charge in [0.2, 0.25) is 0 Å². The van der Waals surface area contributed by atoms with Gasteiger partial charge < -0.3 is 0 Å². The molecule has 140 valence electrons. The Labute approximate surface area is 157 Å². The topological polar surface area (TPSA) is 40.6 Å². The van der Waals surface area contributed by atoms with E-state index in [4.69, 9.17) is 0 Å². The van der Waals surface area contributed by atoms with Crippen molar-refractivity contribution in [1.29, 1.82) is 0 Å². The Morgan fingerprint density at radius 1 is 1.00 bits per heavy atom. The molecule has 4 nitrogen and oxygen atoms in total. The zero-order valence-corrected chi connectivity index (χ0v) is 15.1. The molecule has 0 saturated carbocycles. The molecule has 27 heavy (non-hydrogen) atoms. The second-order valence-electron chi connectivity index (χ2n) is 6.52. The number of imide groups is 1. The number of nitrogens with zero attached hydrogens (tertiary/aromatic N) is 2. The van der Waals surface area contributed by atoms with Gasteiger partial charge in [0.05, 0.1) is 11.3 Å². The van der Waals surface area contributed by atoms with Crippen molar-refractivity contribution in [2.24, 2.45) is 0 Å². The minimum absolute atomic E-state index is 0.300. The number of alkyl halides is 3. The number of hydrogen-bond acceptors (Lipinski definition) is 3. The lowest BCUT2D eigenvalue weighted by Crippen LogP contribution is -2.33. The maximum atomic E-state index is 12.9. The highest BCUT2D eigenvalue weighted by Gasteiger charge is 2.53. The van der Waals surface area contributed by atoms with Crippen LogP contribution in [-0.4, -0.2) is 28.6 Å². The van der Waals surface area contributed by atoms with Gasteiger partial charge in [0.15, 0.2) is 0 Å². The summed E-state index contributed by atoms with van der Waals surface area (Å²) in [6, 6.07) is 10.8. The van der Waals surface area contributed by atoms with Gasteiger partial charge in [-0.2, -0.15) is 13.2 Å². The number of fused-ring (bicyclic) bond motifs is 1. The zero-order chi connectivity index (χ0) is 19.3. The fourth-order valence-electron chi connectivity index (χ4n) is 3.31. The minimum Gasteiger partial charge on any atom is -0.295 e. The van der Waals surface area contributed by atoms with Gasteiger partial charge >= 0.3 is 12.2 Å². The fraction of sp³-hybridized carbons (Fsp3) is 0.263. The first-order chi connectivity index (χ1) is 12.8. The first kappa shape index (κ1) is 17.9. The number of rotatable bonds is 2. The van der Waals surface area contributed by atoms with Crippen LogP contribution in [0.25, 0.3) is 0 Å². The van der Waals surface area contributed by atoms with Crippen molar-refractivity contribution in [1.82, 2.24) is 4.90 Å². The molecule has 8 heteroatoms. The van der Waals surface area contributed by atoms with E-state index in [1.54, 1.807) is 12.1 Å². The highest BCUT2D eigenvalue weighted by Crippen LogP contribution is 2.46. The summed E-state index contributed by atoms with van der Waals surface area (Å²) in [4.78, 5) is 28.3. The normalized spacial score (nSPS) is 22.5. The van der Waals surface area contributed by atoms with Gasteiger partial charge in [-0.15, -0.1) is 11.8 Å². The lowest BCUT2D eigenvalue weighted by molar-refractivity contribution is -0.137. The van der Waals surface area contributed by atoms with E-state index in [1.165, 1.54) is 28.8 Å². The Bertz CT molecular complexity index is 897. The van der Waals surface area contributed by atoms with Gasteiger partial charge in [0.25, 0.3) is 5.91 Å². The lowest BCUT2D eigenvalue weighted by atomic mass is 10.1. The van der Waals surface area contributed by atoms with Crippen molar-refractivity contribution in [3.63, 3.8) is 0 Å². The van der Waals surface area contributed by atoms with Crippen LogP contribution in [0.2, 0.25) is 0 Å². The second kappa shape index (κ2) is 6.30. The third-order valence-electron chi connectivity index (χ3n) is 4.73. The number of hydrogen-bond donors (Lipinski definition) is 0. The Morgan fingerprint density at radius 2 is 1.63 bits per heavy atom. The number of aryl methyl sites for hydroxylation is 1. The smallest absolute Gasteiger partial charge is 0.295 e. The number of amides is 3. The highest BCUT2D eigenvalue weighted by molar-refractivity contribution is 7.99. The Hall–Kier alpha value is -2.48. The Balaban J connectivity index is 1.63. The summed E-state index contributed by atoms with van der Waals surface area (Å²) < 4.78 is 38.3. The van der Waals surface area contributed by atoms with Crippen LogP contribution in [0.15, 0.2) is 48.5 Å². The van der Waals surface area contributed by atoms with Gasteiger partial charge in [0, 0.05) is 5.75 Å². The van der Waals surface area contributed by atoms with E-state index in [0.717, 1.165) is 22.6 Å². The molecule has 0 bridgehead atoms. The lowest BCUT2D eigenvalue weighted by Gasteiger charge is -2.23. The van der Waals surface area contributed by atoms with E-state index in [9.17, 15) is 22.8 Å². The monoisotopic (exact) mass is 392 g/mol. The summed E-state index contributed by atoms with van der Waals surface area (Å²) in [5.41, 5.74) is 1.34. The van der Waals surface area contributed by atoms with Crippen LogP contribution in [0.1, 0.15) is 22.1 Å². The summed E-state index contributed by atoms with van der Waals surface area (Å²) in [7, 11) is 0. The van der Waals surface area contributed by atoms with Crippen molar-refractivity contribution >= 4 is 29.4 Å². The standard InChI is InChI=1S/C19H15F3N2O2S/c1-11-2-8-14(9-3-11)23-16(25)15-10-27-17(24(15)18(23)26)12-4-6-13(7-5-12)19(20,21)22/h2-9,15,17H,10H2,1H3. The first-order valence-electron chi connectivity index (χ1n) is 8.29. The summed E-state index contributed by atoms with van der Waals surface area (Å²) in [6.07, 6.45) is -4.41. The van der Waals surface area contributed by atoms with Gasteiger partial charge in [0.1, 0.15) is 11.4 Å². The van der Waals surface area contributed by atoms with Crippen LogP contribution in [0.4, 0.5) is 23.7 Å². The SMILES string of the molecule is Cc1ccc(N2C(=O)C3CSC(c4ccc(C(F)(F)F)cc4)N3C2=O)cc1. The van der Waals surface area contributed by atoms with Crippen LogP contribution >= 0.6 is 11.8 Å². The molecule has 0 spiro atoms. The first-order valence-corrected chi connectivity index (χ1v) is 9.34. The predicted molar refractivity (Wildman–Crippen MR) is 96.3 cm³/mol. The van der Waals surface area contributed by atoms with Crippen LogP contribution in [0, 0.1) is 6.92 Å². The van der Waals surface area contributed by atoms with E-state index in [2.05, 4.69) is 0 Å². The molecule has 2 aliphatic heterocycles. The molecule has 2 heterocycles. The molecule has 0 radical (unpaired) electrons. The summed E-state index contributed by atoms with van der Waals surface area (Å²) in [5.74, 6) is 0.115. The molecule has 2 saturated heterocycles.